The van der Waals surface area contributed by atoms with Crippen LogP contribution in [0.25, 0.3) is 0 Å². The predicted molar refractivity (Wildman–Crippen MR) is 84.1 cm³/mol. The van der Waals surface area contributed by atoms with Crippen LogP contribution in [0.3, 0.4) is 0 Å². The van der Waals surface area contributed by atoms with Gasteiger partial charge in [-0.1, -0.05) is 6.92 Å². The Morgan fingerprint density at radius 2 is 1.81 bits per heavy atom. The van der Waals surface area contributed by atoms with Crippen LogP contribution in [-0.2, 0) is 14.3 Å². The third kappa shape index (κ3) is 5.24. The van der Waals surface area contributed by atoms with Crippen LogP contribution in [0.15, 0.2) is 0 Å². The summed E-state index contributed by atoms with van der Waals surface area (Å²) in [6.07, 6.45) is 4.87. The highest BCUT2D eigenvalue weighted by Gasteiger charge is 2.41. The third-order valence-corrected chi connectivity index (χ3v) is 4.70. The smallest absolute Gasteiger partial charge is 0.230 e. The van der Waals surface area contributed by atoms with Gasteiger partial charge in [0.25, 0.3) is 0 Å². The number of methoxy groups -OCH3 is 2. The first-order chi connectivity index (χ1) is 10.1. The lowest BCUT2D eigenvalue weighted by Crippen LogP contribution is -2.51. The fraction of sp³-hybridized carbons (Fsp3) is 0.938. The minimum Gasteiger partial charge on any atom is -0.385 e. The molecule has 0 aliphatic heterocycles. The van der Waals surface area contributed by atoms with Crippen molar-refractivity contribution in [3.63, 3.8) is 0 Å². The van der Waals surface area contributed by atoms with Gasteiger partial charge in [-0.25, -0.2) is 0 Å². The monoisotopic (exact) mass is 300 g/mol. The van der Waals surface area contributed by atoms with Crippen LogP contribution in [0.2, 0.25) is 0 Å². The van der Waals surface area contributed by atoms with Gasteiger partial charge < -0.3 is 20.1 Å². The highest BCUT2D eigenvalue weighted by atomic mass is 16.5. The van der Waals surface area contributed by atoms with Gasteiger partial charge in [0.2, 0.25) is 5.91 Å². The molecule has 0 aromatic carbocycles. The Hall–Kier alpha value is -0.650. The van der Waals surface area contributed by atoms with Crippen LogP contribution in [0.1, 0.15) is 39.0 Å². The molecule has 0 aromatic rings. The molecule has 0 saturated heterocycles. The van der Waals surface area contributed by atoms with Gasteiger partial charge in [-0.05, 0) is 38.0 Å². The van der Waals surface area contributed by atoms with Crippen LogP contribution in [0.4, 0.5) is 0 Å². The summed E-state index contributed by atoms with van der Waals surface area (Å²) in [6.45, 7) is 5.29. The largest absolute Gasteiger partial charge is 0.385 e. The van der Waals surface area contributed by atoms with Crippen molar-refractivity contribution >= 4 is 5.91 Å². The molecule has 1 amide bonds. The zero-order chi connectivity index (χ0) is 15.7. The summed E-state index contributed by atoms with van der Waals surface area (Å²) in [4.78, 5) is 14.9. The quantitative estimate of drug-likeness (QED) is 0.658. The van der Waals surface area contributed by atoms with E-state index in [4.69, 9.17) is 15.2 Å². The standard InChI is InChI=1S/C16H32N2O3/c1-14-5-7-16(13-17,8-6-14)15(19)18(10-12-21-3)9-4-11-20-2/h14H,4-13,17H2,1-3H3. The van der Waals surface area contributed by atoms with Crippen LogP contribution in [0.5, 0.6) is 0 Å². The molecule has 0 unspecified atom stereocenters. The minimum atomic E-state index is -0.354. The van der Waals surface area contributed by atoms with Crippen molar-refractivity contribution < 1.29 is 14.3 Å². The Morgan fingerprint density at radius 1 is 1.19 bits per heavy atom. The summed E-state index contributed by atoms with van der Waals surface area (Å²) in [5.41, 5.74) is 5.65. The van der Waals surface area contributed by atoms with Crippen molar-refractivity contribution in [2.45, 2.75) is 39.0 Å². The summed E-state index contributed by atoms with van der Waals surface area (Å²) < 4.78 is 10.2. The second-order valence-corrected chi connectivity index (χ2v) is 6.30. The van der Waals surface area contributed by atoms with Crippen molar-refractivity contribution in [2.75, 3.05) is 47.1 Å². The average Bonchev–Trinajstić information content (AvgIpc) is 2.51. The van der Waals surface area contributed by atoms with E-state index in [9.17, 15) is 4.79 Å². The van der Waals surface area contributed by atoms with Gasteiger partial charge in [-0.2, -0.15) is 0 Å². The molecule has 0 spiro atoms. The lowest BCUT2D eigenvalue weighted by Gasteiger charge is -2.40. The summed E-state index contributed by atoms with van der Waals surface area (Å²) in [5, 5.41) is 0. The van der Waals surface area contributed by atoms with E-state index in [0.717, 1.165) is 32.1 Å². The lowest BCUT2D eigenvalue weighted by atomic mass is 9.70. The number of nitrogens with two attached hydrogens (primary N) is 1. The number of carbonyl (C=O) groups excluding carboxylic acids is 1. The molecule has 124 valence electrons. The van der Waals surface area contributed by atoms with E-state index >= 15 is 0 Å². The number of ether oxygens (including phenoxy) is 2. The molecule has 1 aliphatic rings. The number of nitrogens with zero attached hydrogens (tertiary/aromatic N) is 1. The number of hydrogen-bond donors (Lipinski definition) is 1. The van der Waals surface area contributed by atoms with Crippen molar-refractivity contribution in [2.24, 2.45) is 17.1 Å². The van der Waals surface area contributed by atoms with Crippen molar-refractivity contribution in [1.82, 2.24) is 4.90 Å². The van der Waals surface area contributed by atoms with Gasteiger partial charge >= 0.3 is 0 Å². The maximum Gasteiger partial charge on any atom is 0.230 e. The van der Waals surface area contributed by atoms with Gasteiger partial charge in [-0.3, -0.25) is 4.79 Å². The molecule has 5 nitrogen and oxygen atoms in total. The lowest BCUT2D eigenvalue weighted by molar-refractivity contribution is -0.145. The Morgan fingerprint density at radius 3 is 2.33 bits per heavy atom. The fourth-order valence-electron chi connectivity index (χ4n) is 3.07. The van der Waals surface area contributed by atoms with Crippen LogP contribution in [-0.4, -0.2) is 57.9 Å². The van der Waals surface area contributed by atoms with Gasteiger partial charge in [-0.15, -0.1) is 0 Å². The third-order valence-electron chi connectivity index (χ3n) is 4.70. The van der Waals surface area contributed by atoms with E-state index in [1.165, 1.54) is 0 Å². The molecule has 0 heterocycles. The predicted octanol–water partition coefficient (Wildman–Crippen LogP) is 1.65. The van der Waals surface area contributed by atoms with E-state index in [1.807, 2.05) is 4.90 Å². The first-order valence-corrected chi connectivity index (χ1v) is 8.07. The Bertz CT molecular complexity index is 302. The second kappa shape index (κ2) is 9.38. The molecule has 0 atom stereocenters. The maximum absolute atomic E-state index is 13.0. The summed E-state index contributed by atoms with van der Waals surface area (Å²) in [7, 11) is 3.35. The maximum atomic E-state index is 13.0. The zero-order valence-electron chi connectivity index (χ0n) is 13.9. The summed E-state index contributed by atoms with van der Waals surface area (Å²) in [5.74, 6) is 0.920. The average molecular weight is 300 g/mol. The Kier molecular flexibility index (Phi) is 8.22. The Labute approximate surface area is 129 Å². The molecular weight excluding hydrogens is 268 g/mol. The highest BCUT2D eigenvalue weighted by Crippen LogP contribution is 2.39. The van der Waals surface area contributed by atoms with Gasteiger partial charge in [0.15, 0.2) is 0 Å². The number of carbonyl (C=O) groups is 1. The molecule has 0 radical (unpaired) electrons. The van der Waals surface area contributed by atoms with E-state index in [2.05, 4.69) is 6.92 Å². The molecule has 0 bridgehead atoms. The SMILES string of the molecule is COCCCN(CCOC)C(=O)C1(CN)CCC(C)CC1. The number of rotatable bonds is 9. The van der Waals surface area contributed by atoms with E-state index in [1.54, 1.807) is 14.2 Å². The summed E-state index contributed by atoms with van der Waals surface area (Å²) >= 11 is 0. The normalized spacial score (nSPS) is 25.8. The van der Waals surface area contributed by atoms with Crippen LogP contribution < -0.4 is 5.73 Å². The van der Waals surface area contributed by atoms with Crippen molar-refractivity contribution in [3.05, 3.63) is 0 Å². The molecule has 0 aromatic heterocycles. The minimum absolute atomic E-state index is 0.213. The van der Waals surface area contributed by atoms with E-state index in [-0.39, 0.29) is 11.3 Å². The fourth-order valence-corrected chi connectivity index (χ4v) is 3.07. The topological polar surface area (TPSA) is 64.8 Å². The molecule has 1 saturated carbocycles. The molecule has 21 heavy (non-hydrogen) atoms. The summed E-state index contributed by atoms with van der Waals surface area (Å²) in [6, 6.07) is 0. The molecule has 1 fully saturated rings. The molecule has 1 rings (SSSR count). The van der Waals surface area contributed by atoms with Gasteiger partial charge in [0.1, 0.15) is 0 Å². The van der Waals surface area contributed by atoms with E-state index < -0.39 is 0 Å². The first kappa shape index (κ1) is 18.4. The Balaban J connectivity index is 2.70. The van der Waals surface area contributed by atoms with Crippen LogP contribution >= 0.6 is 0 Å². The van der Waals surface area contributed by atoms with E-state index in [0.29, 0.717) is 38.8 Å². The molecule has 1 aliphatic carbocycles. The highest BCUT2D eigenvalue weighted by molar-refractivity contribution is 5.83. The second-order valence-electron chi connectivity index (χ2n) is 6.30. The first-order valence-electron chi connectivity index (χ1n) is 8.07. The van der Waals surface area contributed by atoms with Crippen molar-refractivity contribution in [3.8, 4) is 0 Å². The number of amides is 1. The van der Waals surface area contributed by atoms with Gasteiger partial charge in [0, 0.05) is 40.5 Å². The van der Waals surface area contributed by atoms with Crippen LogP contribution in [0, 0.1) is 11.3 Å². The van der Waals surface area contributed by atoms with Gasteiger partial charge in [0.05, 0.1) is 12.0 Å². The molecular formula is C16H32N2O3. The van der Waals surface area contributed by atoms with Crippen molar-refractivity contribution in [1.29, 1.82) is 0 Å². The number of hydrogen-bond acceptors (Lipinski definition) is 4. The zero-order valence-corrected chi connectivity index (χ0v) is 13.9. The molecule has 2 N–H and O–H groups in total. The molecule has 5 heteroatoms.